The van der Waals surface area contributed by atoms with Gasteiger partial charge in [-0.25, -0.2) is 0 Å². The van der Waals surface area contributed by atoms with Crippen molar-refractivity contribution >= 4 is 17.2 Å². The van der Waals surface area contributed by atoms with Crippen molar-refractivity contribution in [2.45, 2.75) is 12.8 Å². The third-order valence-electron chi connectivity index (χ3n) is 2.27. The maximum Gasteiger partial charge on any atom is 0.0740 e. The predicted molar refractivity (Wildman–Crippen MR) is 66.8 cm³/mol. The third kappa shape index (κ3) is 5.44. The SMILES string of the molecule is CN(CCC(N)=S)CCc1ccncc1. The van der Waals surface area contributed by atoms with Crippen molar-refractivity contribution in [2.24, 2.45) is 5.73 Å². The van der Waals surface area contributed by atoms with Crippen LogP contribution in [-0.2, 0) is 6.42 Å². The fraction of sp³-hybridized carbons (Fsp3) is 0.455. The molecule has 0 unspecified atom stereocenters. The Bertz CT molecular complexity index is 300. The van der Waals surface area contributed by atoms with Crippen LogP contribution in [0.15, 0.2) is 24.5 Å². The van der Waals surface area contributed by atoms with Crippen molar-refractivity contribution in [1.29, 1.82) is 0 Å². The molecule has 0 bridgehead atoms. The first-order valence-electron chi connectivity index (χ1n) is 5.04. The molecule has 0 aliphatic rings. The molecule has 0 fully saturated rings. The van der Waals surface area contributed by atoms with Crippen molar-refractivity contribution in [3.05, 3.63) is 30.1 Å². The van der Waals surface area contributed by atoms with Gasteiger partial charge in [0.25, 0.3) is 0 Å². The summed E-state index contributed by atoms with van der Waals surface area (Å²) in [6.45, 7) is 1.95. The number of aromatic nitrogens is 1. The van der Waals surface area contributed by atoms with Crippen molar-refractivity contribution in [1.82, 2.24) is 9.88 Å². The first-order chi connectivity index (χ1) is 7.18. The number of hydrogen-bond acceptors (Lipinski definition) is 3. The lowest BCUT2D eigenvalue weighted by atomic mass is 10.2. The third-order valence-corrected chi connectivity index (χ3v) is 2.48. The van der Waals surface area contributed by atoms with Crippen LogP contribution in [0.2, 0.25) is 0 Å². The Morgan fingerprint density at radius 3 is 2.67 bits per heavy atom. The van der Waals surface area contributed by atoms with E-state index in [2.05, 4.69) is 16.9 Å². The number of thiocarbonyl (C=S) groups is 1. The molecule has 1 aromatic rings. The normalized spacial score (nSPS) is 10.5. The van der Waals surface area contributed by atoms with Crippen LogP contribution in [0.3, 0.4) is 0 Å². The fourth-order valence-corrected chi connectivity index (χ4v) is 1.37. The van der Waals surface area contributed by atoms with E-state index in [1.165, 1.54) is 5.56 Å². The van der Waals surface area contributed by atoms with Gasteiger partial charge in [-0.15, -0.1) is 0 Å². The van der Waals surface area contributed by atoms with E-state index in [9.17, 15) is 0 Å². The van der Waals surface area contributed by atoms with Crippen molar-refractivity contribution < 1.29 is 0 Å². The molecule has 0 aliphatic heterocycles. The second kappa shape index (κ2) is 6.48. The Morgan fingerprint density at radius 1 is 1.40 bits per heavy atom. The highest BCUT2D eigenvalue weighted by Crippen LogP contribution is 1.99. The Kier molecular flexibility index (Phi) is 5.21. The Labute approximate surface area is 96.3 Å². The molecule has 15 heavy (non-hydrogen) atoms. The highest BCUT2D eigenvalue weighted by Gasteiger charge is 1.99. The molecule has 82 valence electrons. The monoisotopic (exact) mass is 223 g/mol. The number of pyridine rings is 1. The van der Waals surface area contributed by atoms with Crippen LogP contribution in [0.25, 0.3) is 0 Å². The summed E-state index contributed by atoms with van der Waals surface area (Å²) in [5, 5.41) is 0. The average molecular weight is 223 g/mol. The highest BCUT2D eigenvalue weighted by molar-refractivity contribution is 7.80. The molecule has 0 radical (unpaired) electrons. The van der Waals surface area contributed by atoms with Gasteiger partial charge in [0.1, 0.15) is 0 Å². The average Bonchev–Trinajstić information content (AvgIpc) is 2.25. The van der Waals surface area contributed by atoms with E-state index in [1.807, 2.05) is 24.5 Å². The van der Waals surface area contributed by atoms with Crippen LogP contribution in [0.4, 0.5) is 0 Å². The van der Waals surface area contributed by atoms with Crippen molar-refractivity contribution in [3.63, 3.8) is 0 Å². The summed E-state index contributed by atoms with van der Waals surface area (Å²) in [6.07, 6.45) is 5.48. The number of likely N-dealkylation sites (N-methyl/N-ethyl adjacent to an activating group) is 1. The quantitative estimate of drug-likeness (QED) is 0.737. The van der Waals surface area contributed by atoms with Gasteiger partial charge in [0.15, 0.2) is 0 Å². The van der Waals surface area contributed by atoms with Gasteiger partial charge >= 0.3 is 0 Å². The lowest BCUT2D eigenvalue weighted by Crippen LogP contribution is -2.25. The molecular weight excluding hydrogens is 206 g/mol. The molecule has 3 nitrogen and oxygen atoms in total. The van der Waals surface area contributed by atoms with Crippen LogP contribution in [0.1, 0.15) is 12.0 Å². The molecule has 0 aliphatic carbocycles. The molecule has 0 saturated heterocycles. The molecule has 4 heteroatoms. The Hall–Kier alpha value is -1.00. The second-order valence-electron chi connectivity index (χ2n) is 3.63. The van der Waals surface area contributed by atoms with E-state index >= 15 is 0 Å². The van der Waals surface area contributed by atoms with Crippen LogP contribution in [-0.4, -0.2) is 35.0 Å². The summed E-state index contributed by atoms with van der Waals surface area (Å²) < 4.78 is 0. The van der Waals surface area contributed by atoms with E-state index in [0.29, 0.717) is 4.99 Å². The van der Waals surface area contributed by atoms with Gasteiger partial charge in [-0.05, 0) is 31.2 Å². The minimum atomic E-state index is 0.589. The molecule has 1 rings (SSSR count). The molecule has 1 heterocycles. The number of rotatable bonds is 6. The zero-order valence-electron chi connectivity index (χ0n) is 9.02. The molecule has 0 aromatic carbocycles. The van der Waals surface area contributed by atoms with Gasteiger partial charge in [-0.2, -0.15) is 0 Å². The molecule has 0 amide bonds. The van der Waals surface area contributed by atoms with Crippen molar-refractivity contribution in [2.75, 3.05) is 20.1 Å². The minimum absolute atomic E-state index is 0.589. The Balaban J connectivity index is 2.22. The van der Waals surface area contributed by atoms with Crippen LogP contribution < -0.4 is 5.73 Å². The molecule has 2 N–H and O–H groups in total. The first kappa shape index (κ1) is 12.1. The first-order valence-corrected chi connectivity index (χ1v) is 5.45. The standard InChI is InChI=1S/C11H17N3S/c1-14(9-5-11(12)15)8-4-10-2-6-13-7-3-10/h2-3,6-7H,4-5,8-9H2,1H3,(H2,12,15). The van der Waals surface area contributed by atoms with Gasteiger partial charge in [-0.1, -0.05) is 12.2 Å². The van der Waals surface area contributed by atoms with E-state index < -0.39 is 0 Å². The van der Waals surface area contributed by atoms with E-state index in [4.69, 9.17) is 18.0 Å². The topological polar surface area (TPSA) is 42.1 Å². The van der Waals surface area contributed by atoms with Gasteiger partial charge in [0.2, 0.25) is 0 Å². The lowest BCUT2D eigenvalue weighted by Gasteiger charge is -2.15. The van der Waals surface area contributed by atoms with Gasteiger partial charge in [0, 0.05) is 31.9 Å². The van der Waals surface area contributed by atoms with E-state index in [1.54, 1.807) is 0 Å². The summed E-state index contributed by atoms with van der Waals surface area (Å²) in [7, 11) is 2.08. The van der Waals surface area contributed by atoms with Gasteiger partial charge < -0.3 is 10.6 Å². The smallest absolute Gasteiger partial charge is 0.0740 e. The van der Waals surface area contributed by atoms with E-state index in [0.717, 1.165) is 25.9 Å². The lowest BCUT2D eigenvalue weighted by molar-refractivity contribution is 0.349. The zero-order valence-corrected chi connectivity index (χ0v) is 9.83. The maximum absolute atomic E-state index is 5.44. The maximum atomic E-state index is 5.44. The second-order valence-corrected chi connectivity index (χ2v) is 4.15. The molecular formula is C11H17N3S. The fourth-order valence-electron chi connectivity index (χ4n) is 1.28. The zero-order chi connectivity index (χ0) is 11.1. The number of nitrogens with two attached hydrogens (primary N) is 1. The van der Waals surface area contributed by atoms with Gasteiger partial charge in [0.05, 0.1) is 4.99 Å². The largest absolute Gasteiger partial charge is 0.393 e. The molecule has 1 aromatic heterocycles. The van der Waals surface area contributed by atoms with Gasteiger partial charge in [-0.3, -0.25) is 4.98 Å². The summed E-state index contributed by atoms with van der Waals surface area (Å²) in [6, 6.07) is 4.09. The van der Waals surface area contributed by atoms with Crippen molar-refractivity contribution in [3.8, 4) is 0 Å². The molecule has 0 saturated carbocycles. The Morgan fingerprint density at radius 2 is 2.07 bits per heavy atom. The summed E-state index contributed by atoms with van der Waals surface area (Å²) in [5.74, 6) is 0. The highest BCUT2D eigenvalue weighted by atomic mass is 32.1. The summed E-state index contributed by atoms with van der Waals surface area (Å²) in [4.78, 5) is 6.81. The van der Waals surface area contributed by atoms with E-state index in [-0.39, 0.29) is 0 Å². The summed E-state index contributed by atoms with van der Waals surface area (Å²) in [5.41, 5.74) is 6.76. The van der Waals surface area contributed by atoms with Crippen LogP contribution >= 0.6 is 12.2 Å². The summed E-state index contributed by atoms with van der Waals surface area (Å²) >= 11 is 4.83. The van der Waals surface area contributed by atoms with Crippen LogP contribution in [0.5, 0.6) is 0 Å². The van der Waals surface area contributed by atoms with Crippen LogP contribution in [0, 0.1) is 0 Å². The number of hydrogen-bond donors (Lipinski definition) is 1. The minimum Gasteiger partial charge on any atom is -0.393 e. The molecule has 0 atom stereocenters. The molecule has 0 spiro atoms. The number of nitrogens with zero attached hydrogens (tertiary/aromatic N) is 2. The predicted octanol–water partition coefficient (Wildman–Crippen LogP) is 1.23.